The zero-order valence-corrected chi connectivity index (χ0v) is 14.1. The molecule has 1 fully saturated rings. The van der Waals surface area contributed by atoms with E-state index in [-0.39, 0.29) is 17.7 Å². The van der Waals surface area contributed by atoms with Gasteiger partial charge in [0.1, 0.15) is 0 Å². The van der Waals surface area contributed by atoms with Gasteiger partial charge in [-0.15, -0.1) is 0 Å². The highest BCUT2D eigenvalue weighted by molar-refractivity contribution is 5.94. The monoisotopic (exact) mass is 331 g/mol. The van der Waals surface area contributed by atoms with E-state index in [0.29, 0.717) is 49.3 Å². The maximum absolute atomic E-state index is 12.7. The maximum atomic E-state index is 12.7. The summed E-state index contributed by atoms with van der Waals surface area (Å²) in [4.78, 5) is 32.7. The summed E-state index contributed by atoms with van der Waals surface area (Å²) in [6.07, 6.45) is 1.48. The van der Waals surface area contributed by atoms with Crippen LogP contribution in [0, 0.1) is 6.92 Å². The largest absolute Gasteiger partial charge is 0.459 e. The molecule has 0 saturated carbocycles. The van der Waals surface area contributed by atoms with Crippen molar-refractivity contribution < 1.29 is 18.4 Å². The topological polar surface area (TPSA) is 79.8 Å². The highest BCUT2D eigenvalue weighted by Gasteiger charge is 2.30. The number of hydrogen-bond donors (Lipinski definition) is 0. The first-order valence-electron chi connectivity index (χ1n) is 8.06. The molecule has 3 heterocycles. The molecule has 7 heteroatoms. The van der Waals surface area contributed by atoms with Gasteiger partial charge >= 0.3 is 0 Å². The van der Waals surface area contributed by atoms with Gasteiger partial charge in [-0.2, -0.15) is 0 Å². The summed E-state index contributed by atoms with van der Waals surface area (Å²) in [5, 5.41) is 0. The summed E-state index contributed by atoms with van der Waals surface area (Å²) in [7, 11) is 0. The minimum absolute atomic E-state index is 0.114. The zero-order valence-electron chi connectivity index (χ0n) is 14.1. The third-order valence-corrected chi connectivity index (χ3v) is 4.09. The Labute approximate surface area is 140 Å². The van der Waals surface area contributed by atoms with Crippen LogP contribution < -0.4 is 0 Å². The molecular formula is C17H21N3O4. The van der Waals surface area contributed by atoms with Crippen LogP contribution >= 0.6 is 0 Å². The Morgan fingerprint density at radius 3 is 2.29 bits per heavy atom. The van der Waals surface area contributed by atoms with E-state index in [9.17, 15) is 9.59 Å². The number of oxazole rings is 1. The number of rotatable bonds is 3. The summed E-state index contributed by atoms with van der Waals surface area (Å²) in [6, 6.07) is 3.33. The van der Waals surface area contributed by atoms with Crippen molar-refractivity contribution in [3.63, 3.8) is 0 Å². The molecule has 0 aromatic carbocycles. The minimum atomic E-state index is -0.163. The van der Waals surface area contributed by atoms with Gasteiger partial charge in [0, 0.05) is 33.1 Å². The van der Waals surface area contributed by atoms with Crippen LogP contribution in [0.1, 0.15) is 52.5 Å². The number of hydrogen-bond acceptors (Lipinski definition) is 5. The van der Waals surface area contributed by atoms with Crippen molar-refractivity contribution in [1.82, 2.24) is 14.8 Å². The molecule has 0 aliphatic carbocycles. The number of aromatic nitrogens is 1. The van der Waals surface area contributed by atoms with Crippen molar-refractivity contribution in [2.24, 2.45) is 0 Å². The molecular weight excluding hydrogens is 310 g/mol. The fourth-order valence-corrected chi connectivity index (χ4v) is 2.80. The third-order valence-electron chi connectivity index (χ3n) is 4.09. The summed E-state index contributed by atoms with van der Waals surface area (Å²) in [5.41, 5.74) is 0.687. The SMILES string of the molecule is Cc1nc(C(C)C)c(C(=O)N2CCN(C(=O)c3ccco3)CC2)o1. The van der Waals surface area contributed by atoms with Crippen LogP contribution in [0.2, 0.25) is 0 Å². The predicted molar refractivity (Wildman–Crippen MR) is 85.8 cm³/mol. The Morgan fingerprint density at radius 2 is 1.75 bits per heavy atom. The molecule has 0 spiro atoms. The van der Waals surface area contributed by atoms with Gasteiger partial charge in [-0.25, -0.2) is 4.98 Å². The van der Waals surface area contributed by atoms with E-state index in [1.807, 2.05) is 13.8 Å². The van der Waals surface area contributed by atoms with Crippen molar-refractivity contribution in [2.75, 3.05) is 26.2 Å². The van der Waals surface area contributed by atoms with Gasteiger partial charge in [0.2, 0.25) is 5.76 Å². The van der Waals surface area contributed by atoms with E-state index in [0.717, 1.165) is 0 Å². The Hall–Kier alpha value is -2.57. The van der Waals surface area contributed by atoms with Crippen molar-refractivity contribution in [1.29, 1.82) is 0 Å². The fourth-order valence-electron chi connectivity index (χ4n) is 2.80. The Kier molecular flexibility index (Phi) is 4.42. The van der Waals surface area contributed by atoms with E-state index in [1.165, 1.54) is 6.26 Å². The number of carbonyl (C=O) groups is 2. The van der Waals surface area contributed by atoms with Crippen LogP contribution in [0.15, 0.2) is 27.2 Å². The number of furan rings is 1. The highest BCUT2D eigenvalue weighted by atomic mass is 16.4. The van der Waals surface area contributed by atoms with Gasteiger partial charge < -0.3 is 18.6 Å². The van der Waals surface area contributed by atoms with E-state index < -0.39 is 0 Å². The lowest BCUT2D eigenvalue weighted by molar-refractivity contribution is 0.0500. The second-order valence-electron chi connectivity index (χ2n) is 6.16. The van der Waals surface area contributed by atoms with Gasteiger partial charge in [-0.3, -0.25) is 9.59 Å². The molecule has 1 saturated heterocycles. The average molecular weight is 331 g/mol. The molecule has 0 unspecified atom stereocenters. The molecule has 0 bridgehead atoms. The molecule has 2 amide bonds. The summed E-state index contributed by atoms with van der Waals surface area (Å²) < 4.78 is 10.7. The fraction of sp³-hybridized carbons (Fsp3) is 0.471. The predicted octanol–water partition coefficient (Wildman–Crippen LogP) is 2.30. The minimum Gasteiger partial charge on any atom is -0.459 e. The van der Waals surface area contributed by atoms with Crippen molar-refractivity contribution in [3.8, 4) is 0 Å². The number of nitrogens with zero attached hydrogens (tertiary/aromatic N) is 3. The average Bonchev–Trinajstić information content (AvgIpc) is 3.23. The highest BCUT2D eigenvalue weighted by Crippen LogP contribution is 2.22. The van der Waals surface area contributed by atoms with Crippen molar-refractivity contribution in [2.45, 2.75) is 26.7 Å². The molecule has 0 atom stereocenters. The number of aryl methyl sites for hydroxylation is 1. The van der Waals surface area contributed by atoms with Gasteiger partial charge in [-0.1, -0.05) is 13.8 Å². The first-order chi connectivity index (χ1) is 11.5. The van der Waals surface area contributed by atoms with Crippen LogP contribution in [-0.4, -0.2) is 52.8 Å². The lowest BCUT2D eigenvalue weighted by Crippen LogP contribution is -2.50. The molecule has 1 aliphatic heterocycles. The molecule has 128 valence electrons. The first-order valence-corrected chi connectivity index (χ1v) is 8.06. The van der Waals surface area contributed by atoms with Crippen LogP contribution in [0.25, 0.3) is 0 Å². The molecule has 3 rings (SSSR count). The molecule has 7 nitrogen and oxygen atoms in total. The zero-order chi connectivity index (χ0) is 17.3. The lowest BCUT2D eigenvalue weighted by Gasteiger charge is -2.34. The lowest BCUT2D eigenvalue weighted by atomic mass is 10.1. The third kappa shape index (κ3) is 3.06. The number of amides is 2. The first kappa shape index (κ1) is 16.3. The summed E-state index contributed by atoms with van der Waals surface area (Å²) in [6.45, 7) is 7.56. The van der Waals surface area contributed by atoms with Crippen LogP contribution in [0.5, 0.6) is 0 Å². The van der Waals surface area contributed by atoms with E-state index in [1.54, 1.807) is 28.9 Å². The standard InChI is InChI=1S/C17H21N3O4/c1-11(2)14-15(24-12(3)18-14)17(22)20-8-6-19(7-9-20)16(21)13-5-4-10-23-13/h4-5,10-11H,6-9H2,1-3H3. The molecule has 1 aliphatic rings. The number of carbonyl (C=O) groups excluding carboxylic acids is 2. The normalized spacial score (nSPS) is 15.2. The Morgan fingerprint density at radius 1 is 1.12 bits per heavy atom. The van der Waals surface area contributed by atoms with Crippen molar-refractivity contribution in [3.05, 3.63) is 41.5 Å². The van der Waals surface area contributed by atoms with Crippen LogP contribution in [0.3, 0.4) is 0 Å². The van der Waals surface area contributed by atoms with E-state index in [2.05, 4.69) is 4.98 Å². The summed E-state index contributed by atoms with van der Waals surface area (Å²) in [5.74, 6) is 0.933. The Balaban J connectivity index is 1.66. The van der Waals surface area contributed by atoms with Gasteiger partial charge in [-0.05, 0) is 18.1 Å². The van der Waals surface area contributed by atoms with E-state index >= 15 is 0 Å². The number of piperazine rings is 1. The Bertz CT molecular complexity index is 725. The molecule has 0 N–H and O–H groups in total. The molecule has 0 radical (unpaired) electrons. The van der Waals surface area contributed by atoms with E-state index in [4.69, 9.17) is 8.83 Å². The second-order valence-corrected chi connectivity index (χ2v) is 6.16. The van der Waals surface area contributed by atoms with Crippen molar-refractivity contribution >= 4 is 11.8 Å². The second kappa shape index (κ2) is 6.51. The molecule has 24 heavy (non-hydrogen) atoms. The smallest absolute Gasteiger partial charge is 0.291 e. The van der Waals surface area contributed by atoms with Gasteiger partial charge in [0.15, 0.2) is 11.7 Å². The molecule has 2 aromatic rings. The maximum Gasteiger partial charge on any atom is 0.291 e. The van der Waals surface area contributed by atoms with Crippen LogP contribution in [0.4, 0.5) is 0 Å². The van der Waals surface area contributed by atoms with Gasteiger partial charge in [0.05, 0.1) is 12.0 Å². The van der Waals surface area contributed by atoms with Crippen LogP contribution in [-0.2, 0) is 0 Å². The summed E-state index contributed by atoms with van der Waals surface area (Å²) >= 11 is 0. The van der Waals surface area contributed by atoms with Gasteiger partial charge in [0.25, 0.3) is 11.8 Å². The quantitative estimate of drug-likeness (QED) is 0.862. The molecule has 2 aromatic heterocycles.